The SMILES string of the molecule is C[Si](C)(C)C#Cc1cc(F)c(Cl)c(CO)c1. The molecule has 0 amide bonds. The lowest BCUT2D eigenvalue weighted by Gasteiger charge is -2.05. The van der Waals surface area contributed by atoms with E-state index in [4.69, 9.17) is 16.7 Å². The van der Waals surface area contributed by atoms with E-state index in [9.17, 15) is 4.39 Å². The zero-order valence-electron chi connectivity index (χ0n) is 9.56. The van der Waals surface area contributed by atoms with Gasteiger partial charge in [-0.05, 0) is 12.1 Å². The Balaban J connectivity index is 3.16. The number of hydrogen-bond donors (Lipinski definition) is 1. The molecular formula is C12H14ClFOSi. The van der Waals surface area contributed by atoms with Crippen LogP contribution in [0.4, 0.5) is 4.39 Å². The van der Waals surface area contributed by atoms with Crippen molar-refractivity contribution in [1.82, 2.24) is 0 Å². The molecule has 0 aliphatic carbocycles. The van der Waals surface area contributed by atoms with Crippen LogP contribution in [0, 0.1) is 17.3 Å². The summed E-state index contributed by atoms with van der Waals surface area (Å²) in [5, 5.41) is 8.98. The number of halogens is 2. The van der Waals surface area contributed by atoms with Crippen molar-refractivity contribution in [3.63, 3.8) is 0 Å². The molecule has 1 N–H and O–H groups in total. The summed E-state index contributed by atoms with van der Waals surface area (Å²) in [4.78, 5) is 0. The fourth-order valence-corrected chi connectivity index (χ4v) is 1.78. The van der Waals surface area contributed by atoms with Crippen molar-refractivity contribution in [2.45, 2.75) is 26.2 Å². The molecule has 4 heteroatoms. The van der Waals surface area contributed by atoms with Gasteiger partial charge in [-0.1, -0.05) is 37.2 Å². The van der Waals surface area contributed by atoms with Crippen LogP contribution in [0.3, 0.4) is 0 Å². The molecule has 16 heavy (non-hydrogen) atoms. The highest BCUT2D eigenvalue weighted by Gasteiger charge is 2.09. The van der Waals surface area contributed by atoms with E-state index in [1.165, 1.54) is 6.07 Å². The Kier molecular flexibility index (Phi) is 4.14. The largest absolute Gasteiger partial charge is 0.392 e. The Hall–Kier alpha value is -0.823. The van der Waals surface area contributed by atoms with Gasteiger partial charge in [0, 0.05) is 11.1 Å². The summed E-state index contributed by atoms with van der Waals surface area (Å²) in [6.45, 7) is 6.05. The van der Waals surface area contributed by atoms with E-state index in [2.05, 4.69) is 31.1 Å². The summed E-state index contributed by atoms with van der Waals surface area (Å²) in [7, 11) is -1.48. The quantitative estimate of drug-likeness (QED) is 0.604. The predicted octanol–water partition coefficient (Wildman–Crippen LogP) is 3.20. The first-order chi connectivity index (χ1) is 7.33. The fraction of sp³-hybridized carbons (Fsp3) is 0.333. The third-order valence-corrected chi connectivity index (χ3v) is 3.15. The maximum absolute atomic E-state index is 13.3. The molecule has 1 aromatic carbocycles. The molecular weight excluding hydrogens is 243 g/mol. The van der Waals surface area contributed by atoms with Gasteiger partial charge in [0.25, 0.3) is 0 Å². The minimum Gasteiger partial charge on any atom is -0.392 e. The van der Waals surface area contributed by atoms with E-state index >= 15 is 0 Å². The molecule has 0 aromatic heterocycles. The molecule has 1 rings (SSSR count). The minimum atomic E-state index is -1.48. The van der Waals surface area contributed by atoms with Crippen molar-refractivity contribution >= 4 is 19.7 Å². The van der Waals surface area contributed by atoms with Crippen LogP contribution in [-0.4, -0.2) is 13.2 Å². The summed E-state index contributed by atoms with van der Waals surface area (Å²) >= 11 is 5.68. The summed E-state index contributed by atoms with van der Waals surface area (Å²) < 4.78 is 13.3. The van der Waals surface area contributed by atoms with Crippen LogP contribution in [0.1, 0.15) is 11.1 Å². The van der Waals surface area contributed by atoms with E-state index in [1.54, 1.807) is 6.07 Å². The Morgan fingerprint density at radius 2 is 2.00 bits per heavy atom. The Morgan fingerprint density at radius 3 is 2.50 bits per heavy atom. The van der Waals surface area contributed by atoms with Crippen molar-refractivity contribution in [2.75, 3.05) is 0 Å². The van der Waals surface area contributed by atoms with Crippen LogP contribution >= 0.6 is 11.6 Å². The Morgan fingerprint density at radius 1 is 1.38 bits per heavy atom. The van der Waals surface area contributed by atoms with E-state index < -0.39 is 13.9 Å². The minimum absolute atomic E-state index is 0.0268. The number of aliphatic hydroxyl groups excluding tert-OH is 1. The van der Waals surface area contributed by atoms with Gasteiger partial charge >= 0.3 is 0 Å². The topological polar surface area (TPSA) is 20.2 Å². The smallest absolute Gasteiger partial charge is 0.143 e. The zero-order valence-corrected chi connectivity index (χ0v) is 11.3. The van der Waals surface area contributed by atoms with E-state index in [0.717, 1.165) is 0 Å². The van der Waals surface area contributed by atoms with Crippen LogP contribution in [0.15, 0.2) is 12.1 Å². The molecule has 0 bridgehead atoms. The molecule has 0 saturated carbocycles. The van der Waals surface area contributed by atoms with Gasteiger partial charge in [0.15, 0.2) is 0 Å². The van der Waals surface area contributed by atoms with Crippen molar-refractivity contribution in [1.29, 1.82) is 0 Å². The summed E-state index contributed by atoms with van der Waals surface area (Å²) in [6.07, 6.45) is 0. The first-order valence-corrected chi connectivity index (χ1v) is 8.83. The third kappa shape index (κ3) is 3.64. The van der Waals surface area contributed by atoms with Crippen LogP contribution < -0.4 is 0 Å². The zero-order chi connectivity index (χ0) is 12.3. The highest BCUT2D eigenvalue weighted by atomic mass is 35.5. The van der Waals surface area contributed by atoms with Gasteiger partial charge in [-0.3, -0.25) is 0 Å². The molecule has 0 saturated heterocycles. The van der Waals surface area contributed by atoms with Crippen LogP contribution in [0.25, 0.3) is 0 Å². The van der Waals surface area contributed by atoms with Gasteiger partial charge in [-0.15, -0.1) is 5.54 Å². The van der Waals surface area contributed by atoms with Crippen LogP contribution in [0.5, 0.6) is 0 Å². The lowest BCUT2D eigenvalue weighted by molar-refractivity contribution is 0.281. The van der Waals surface area contributed by atoms with Gasteiger partial charge in [0.2, 0.25) is 0 Å². The van der Waals surface area contributed by atoms with Crippen molar-refractivity contribution in [3.05, 3.63) is 34.1 Å². The first kappa shape index (κ1) is 13.2. The molecule has 0 aliphatic rings. The van der Waals surface area contributed by atoms with Gasteiger partial charge in [-0.25, -0.2) is 4.39 Å². The number of benzene rings is 1. The van der Waals surface area contributed by atoms with E-state index in [1.807, 2.05) is 0 Å². The highest BCUT2D eigenvalue weighted by Crippen LogP contribution is 2.21. The van der Waals surface area contributed by atoms with E-state index in [0.29, 0.717) is 11.1 Å². The van der Waals surface area contributed by atoms with Gasteiger partial charge < -0.3 is 5.11 Å². The molecule has 1 aromatic rings. The third-order valence-electron chi connectivity index (χ3n) is 1.86. The van der Waals surface area contributed by atoms with Gasteiger partial charge in [0.1, 0.15) is 13.9 Å². The Bertz CT molecular complexity index is 455. The second-order valence-corrected chi connectivity index (χ2v) is 9.72. The average molecular weight is 257 g/mol. The molecule has 0 radical (unpaired) electrons. The van der Waals surface area contributed by atoms with Crippen molar-refractivity contribution in [2.24, 2.45) is 0 Å². The van der Waals surface area contributed by atoms with Gasteiger partial charge in [-0.2, -0.15) is 0 Å². The molecule has 86 valence electrons. The maximum atomic E-state index is 13.3. The van der Waals surface area contributed by atoms with Crippen molar-refractivity contribution in [3.8, 4) is 11.5 Å². The van der Waals surface area contributed by atoms with Crippen LogP contribution in [-0.2, 0) is 6.61 Å². The fourth-order valence-electron chi connectivity index (χ4n) is 1.09. The summed E-state index contributed by atoms with van der Waals surface area (Å²) in [5.74, 6) is 2.40. The second-order valence-electron chi connectivity index (χ2n) is 4.59. The Labute approximate surface area is 101 Å². The second kappa shape index (κ2) is 5.01. The normalized spacial score (nSPS) is 10.9. The average Bonchev–Trinajstić information content (AvgIpc) is 2.18. The molecule has 0 atom stereocenters. The standard InChI is InChI=1S/C12H14ClFOSi/c1-16(2,3)5-4-9-6-10(8-15)12(13)11(14)7-9/h6-7,15H,8H2,1-3H3. The molecule has 1 nitrogen and oxygen atoms in total. The molecule has 0 heterocycles. The predicted molar refractivity (Wildman–Crippen MR) is 67.6 cm³/mol. The number of hydrogen-bond acceptors (Lipinski definition) is 1. The summed E-state index contributed by atoms with van der Waals surface area (Å²) in [6, 6.07) is 2.92. The number of aliphatic hydroxyl groups is 1. The summed E-state index contributed by atoms with van der Waals surface area (Å²) in [5.41, 5.74) is 4.07. The molecule has 0 aliphatic heterocycles. The monoisotopic (exact) mass is 256 g/mol. The lowest BCUT2D eigenvalue weighted by Crippen LogP contribution is -2.16. The van der Waals surface area contributed by atoms with Gasteiger partial charge in [0.05, 0.1) is 11.6 Å². The highest BCUT2D eigenvalue weighted by molar-refractivity contribution is 6.83. The number of rotatable bonds is 1. The lowest BCUT2D eigenvalue weighted by atomic mass is 10.1. The maximum Gasteiger partial charge on any atom is 0.143 e. The first-order valence-electron chi connectivity index (χ1n) is 4.95. The molecule has 0 fully saturated rings. The molecule has 0 spiro atoms. The van der Waals surface area contributed by atoms with Crippen molar-refractivity contribution < 1.29 is 9.50 Å². The molecule has 0 unspecified atom stereocenters. The van der Waals surface area contributed by atoms with E-state index in [-0.39, 0.29) is 11.6 Å². The van der Waals surface area contributed by atoms with Crippen LogP contribution in [0.2, 0.25) is 24.7 Å².